The molecule has 0 amide bonds. The Morgan fingerprint density at radius 2 is 1.15 bits per heavy atom. The summed E-state index contributed by atoms with van der Waals surface area (Å²) in [4.78, 5) is 2.52. The van der Waals surface area contributed by atoms with Crippen LogP contribution in [0.3, 0.4) is 0 Å². The number of anilines is 3. The van der Waals surface area contributed by atoms with E-state index in [1.807, 2.05) is 0 Å². The lowest BCUT2D eigenvalue weighted by atomic mass is 9.47. The molecule has 2 aliphatic heterocycles. The van der Waals surface area contributed by atoms with Gasteiger partial charge < -0.3 is 18.4 Å². The Balaban J connectivity index is 1.32. The van der Waals surface area contributed by atoms with E-state index >= 15 is 0 Å². The average molecular weight is 792 g/mol. The van der Waals surface area contributed by atoms with E-state index in [4.69, 9.17) is 4.42 Å². The van der Waals surface area contributed by atoms with Gasteiger partial charge >= 0.3 is 6.85 Å². The minimum atomic E-state index is -0.195. The van der Waals surface area contributed by atoms with Crippen molar-refractivity contribution in [1.29, 1.82) is 0 Å². The third-order valence-electron chi connectivity index (χ3n) is 13.7. The SMILES string of the molecule is CC(C)(C)c1ccc(N2c3cc(C(C)(C)C)cc4c3B(c3oc5ccccc5c32)n2c3ccc(C(C)(C)C)cc3c3cc5c(c-4c32)c2ccccc2n5-c2ccccc2)cc1. The molecule has 0 radical (unpaired) electrons. The van der Waals surface area contributed by atoms with Gasteiger partial charge in [0, 0.05) is 60.6 Å². The molecule has 2 aliphatic rings. The zero-order chi connectivity index (χ0) is 41.9. The van der Waals surface area contributed by atoms with Gasteiger partial charge in [-0.25, -0.2) is 0 Å². The maximum Gasteiger partial charge on any atom is 0.375 e. The van der Waals surface area contributed by atoms with Crippen LogP contribution in [0.4, 0.5) is 17.1 Å². The molecule has 10 aromatic rings. The van der Waals surface area contributed by atoms with Gasteiger partial charge in [-0.3, -0.25) is 0 Å². The van der Waals surface area contributed by atoms with Crippen molar-refractivity contribution < 1.29 is 4.42 Å². The number of hydrogen-bond donors (Lipinski definition) is 0. The molecular weight excluding hydrogens is 741 g/mol. The Kier molecular flexibility index (Phi) is 7.22. The smallest absolute Gasteiger partial charge is 0.375 e. The summed E-state index contributed by atoms with van der Waals surface area (Å²) in [5, 5.41) is 6.22. The van der Waals surface area contributed by atoms with E-state index in [2.05, 4.69) is 216 Å². The van der Waals surface area contributed by atoms with Crippen LogP contribution >= 0.6 is 0 Å². The molecule has 4 nitrogen and oxygen atoms in total. The molecule has 61 heavy (non-hydrogen) atoms. The van der Waals surface area contributed by atoms with Gasteiger partial charge in [0.15, 0.2) is 0 Å². The highest BCUT2D eigenvalue weighted by Gasteiger charge is 2.47. The first-order chi connectivity index (χ1) is 29.2. The summed E-state index contributed by atoms with van der Waals surface area (Å²) in [6, 6.07) is 52.6. The molecule has 3 aromatic heterocycles. The van der Waals surface area contributed by atoms with Crippen LogP contribution in [-0.2, 0) is 16.2 Å². The number of furan rings is 1. The largest absolute Gasteiger partial charge is 0.466 e. The van der Waals surface area contributed by atoms with Gasteiger partial charge in [-0.05, 0) is 111 Å². The van der Waals surface area contributed by atoms with Crippen molar-refractivity contribution >= 4 is 89.6 Å². The van der Waals surface area contributed by atoms with Crippen LogP contribution in [0.5, 0.6) is 0 Å². The minimum Gasteiger partial charge on any atom is -0.466 e. The lowest BCUT2D eigenvalue weighted by Gasteiger charge is -2.39. The van der Waals surface area contributed by atoms with Crippen LogP contribution < -0.4 is 16.0 Å². The fraction of sp³-hybridized carbons (Fsp3) is 0.214. The zero-order valence-corrected chi connectivity index (χ0v) is 36.6. The van der Waals surface area contributed by atoms with E-state index in [1.54, 1.807) is 0 Å². The summed E-state index contributed by atoms with van der Waals surface area (Å²) in [6.07, 6.45) is 0. The van der Waals surface area contributed by atoms with E-state index in [0.717, 1.165) is 33.7 Å². The summed E-state index contributed by atoms with van der Waals surface area (Å²) in [5.74, 6) is 0. The van der Waals surface area contributed by atoms with Gasteiger partial charge in [0.25, 0.3) is 0 Å². The first-order valence-electron chi connectivity index (χ1n) is 21.9. The predicted molar refractivity (Wildman–Crippen MR) is 260 cm³/mol. The normalized spacial score (nSPS) is 13.9. The monoisotopic (exact) mass is 791 g/mol. The lowest BCUT2D eigenvalue weighted by molar-refractivity contribution is 0.590. The van der Waals surface area contributed by atoms with Gasteiger partial charge in [-0.1, -0.05) is 135 Å². The van der Waals surface area contributed by atoms with Crippen LogP contribution in [0.2, 0.25) is 0 Å². The van der Waals surface area contributed by atoms with Crippen molar-refractivity contribution in [3.8, 4) is 16.8 Å². The second-order valence-corrected chi connectivity index (χ2v) is 20.6. The molecule has 0 aliphatic carbocycles. The number of para-hydroxylation sites is 3. The summed E-state index contributed by atoms with van der Waals surface area (Å²) in [7, 11) is 0. The number of hydrogen-bond acceptors (Lipinski definition) is 2. The molecule has 7 aromatic carbocycles. The topological polar surface area (TPSA) is 26.2 Å². The first kappa shape index (κ1) is 36.4. The highest BCUT2D eigenvalue weighted by atomic mass is 16.3. The van der Waals surface area contributed by atoms with E-state index in [0.29, 0.717) is 0 Å². The molecular formula is C56H50BN3O. The molecule has 0 bridgehead atoms. The van der Waals surface area contributed by atoms with E-state index in [-0.39, 0.29) is 23.1 Å². The van der Waals surface area contributed by atoms with Crippen molar-refractivity contribution in [3.05, 3.63) is 156 Å². The maximum absolute atomic E-state index is 7.26. The highest BCUT2D eigenvalue weighted by molar-refractivity contribution is 6.89. The number of rotatable bonds is 2. The molecule has 0 spiro atoms. The van der Waals surface area contributed by atoms with Gasteiger partial charge in [-0.15, -0.1) is 0 Å². The van der Waals surface area contributed by atoms with Gasteiger partial charge in [0.2, 0.25) is 0 Å². The van der Waals surface area contributed by atoms with Crippen molar-refractivity contribution in [3.63, 3.8) is 0 Å². The van der Waals surface area contributed by atoms with Crippen molar-refractivity contribution in [2.24, 2.45) is 0 Å². The van der Waals surface area contributed by atoms with Crippen LogP contribution in [0, 0.1) is 0 Å². The molecule has 12 rings (SSSR count). The van der Waals surface area contributed by atoms with E-state index in [9.17, 15) is 0 Å². The van der Waals surface area contributed by atoms with Crippen LogP contribution in [0.25, 0.3) is 71.4 Å². The average Bonchev–Trinajstić information content (AvgIpc) is 3.89. The van der Waals surface area contributed by atoms with Gasteiger partial charge in [0.05, 0.1) is 16.7 Å². The fourth-order valence-electron chi connectivity index (χ4n) is 10.6. The summed E-state index contributed by atoms with van der Waals surface area (Å²) < 4.78 is 12.4. The van der Waals surface area contributed by atoms with Crippen LogP contribution in [0.1, 0.15) is 79.0 Å². The Bertz CT molecular complexity index is 3470. The van der Waals surface area contributed by atoms with Gasteiger partial charge in [-0.2, -0.15) is 0 Å². The summed E-state index contributed by atoms with van der Waals surface area (Å²) >= 11 is 0. The lowest BCUT2D eigenvalue weighted by Crippen LogP contribution is -2.56. The molecule has 0 saturated carbocycles. The van der Waals surface area contributed by atoms with E-state index < -0.39 is 0 Å². The third kappa shape index (κ3) is 5.01. The third-order valence-corrected chi connectivity index (χ3v) is 13.7. The predicted octanol–water partition coefficient (Wildman–Crippen LogP) is 13.9. The minimum absolute atomic E-state index is 0.0216. The Morgan fingerprint density at radius 3 is 1.87 bits per heavy atom. The summed E-state index contributed by atoms with van der Waals surface area (Å²) in [6.45, 7) is 20.7. The van der Waals surface area contributed by atoms with Crippen molar-refractivity contribution in [2.45, 2.75) is 78.6 Å². The molecule has 0 atom stereocenters. The highest BCUT2D eigenvalue weighted by Crippen LogP contribution is 2.52. The molecule has 0 unspecified atom stereocenters. The standard InChI is InChI=1S/C56H50BN3O/c1-54(2,3)33-23-26-37(27-24-33)59-46-31-35(56(7,8)9)30-42-49-48-38-19-13-15-21-43(38)58(36-17-11-10-12-18-36)45(48)32-41-40-29-34(55(4,5)6)25-28-44(40)60(51(41)49)57(50(42)46)53-52(59)39-20-14-16-22-47(39)61-53/h10-32H,1-9H3. The maximum atomic E-state index is 7.26. The number of fused-ring (bicyclic) bond motifs is 13. The van der Waals surface area contributed by atoms with E-state index in [1.165, 1.54) is 82.6 Å². The molecule has 0 fully saturated rings. The zero-order valence-electron chi connectivity index (χ0n) is 36.6. The van der Waals surface area contributed by atoms with Crippen molar-refractivity contribution in [1.82, 2.24) is 9.05 Å². The quantitative estimate of drug-likeness (QED) is 0.163. The van der Waals surface area contributed by atoms with Gasteiger partial charge in [0.1, 0.15) is 11.2 Å². The fourth-order valence-corrected chi connectivity index (χ4v) is 10.6. The Labute approximate surface area is 358 Å². The van der Waals surface area contributed by atoms with Crippen molar-refractivity contribution in [2.75, 3.05) is 4.90 Å². The Morgan fingerprint density at radius 1 is 0.492 bits per heavy atom. The number of benzene rings is 7. The second kappa shape index (κ2) is 12.1. The van der Waals surface area contributed by atoms with Crippen LogP contribution in [0.15, 0.2) is 144 Å². The molecule has 0 saturated heterocycles. The number of aromatic nitrogens is 2. The Hall–Kier alpha value is -6.46. The molecule has 0 N–H and O–H groups in total. The number of nitrogens with zero attached hydrogens (tertiary/aromatic N) is 3. The molecule has 5 heteroatoms. The summed E-state index contributed by atoms with van der Waals surface area (Å²) in [5.41, 5.74) is 19.2. The molecule has 5 heterocycles. The second-order valence-electron chi connectivity index (χ2n) is 20.6. The first-order valence-corrected chi connectivity index (χ1v) is 21.9. The molecule has 298 valence electrons. The van der Waals surface area contributed by atoms with Crippen LogP contribution in [-0.4, -0.2) is 15.9 Å².